The molecule has 0 N–H and O–H groups in total. The van der Waals surface area contributed by atoms with Gasteiger partial charge in [0.15, 0.2) is 0 Å². The summed E-state index contributed by atoms with van der Waals surface area (Å²) in [7, 11) is 0. The Morgan fingerprint density at radius 2 is 1.69 bits per heavy atom. The zero-order chi connectivity index (χ0) is 9.10. The smallest absolute Gasteiger partial charge is 0.323 e. The van der Waals surface area contributed by atoms with Crippen LogP contribution in [0.2, 0.25) is 0 Å². The van der Waals surface area contributed by atoms with Crippen molar-refractivity contribution in [1.82, 2.24) is 9.96 Å². The third-order valence-electron chi connectivity index (χ3n) is 2.59. The highest BCUT2D eigenvalue weighted by atomic mass is 16.7. The van der Waals surface area contributed by atoms with Crippen LogP contribution in [0.3, 0.4) is 0 Å². The lowest BCUT2D eigenvalue weighted by atomic mass is 10.3. The fourth-order valence-corrected chi connectivity index (χ4v) is 1.81. The van der Waals surface area contributed by atoms with E-state index in [-0.39, 0.29) is 6.03 Å². The molecule has 4 heteroatoms. The first-order chi connectivity index (χ1) is 6.38. The second kappa shape index (κ2) is 3.96. The molecule has 0 bridgehead atoms. The molecule has 13 heavy (non-hydrogen) atoms. The molecular weight excluding hydrogens is 168 g/mol. The lowest BCUT2D eigenvalue weighted by Crippen LogP contribution is -2.44. The number of carbonyl (C=O) groups is 1. The number of likely N-dealkylation sites (tertiary alicyclic amines) is 1. The van der Waals surface area contributed by atoms with Crippen molar-refractivity contribution in [1.29, 1.82) is 0 Å². The highest BCUT2D eigenvalue weighted by molar-refractivity contribution is 5.73. The van der Waals surface area contributed by atoms with E-state index in [0.29, 0.717) is 6.61 Å². The SMILES string of the molecule is O=C(N1CCCC1)N1CCCCO1. The number of nitrogens with zero attached hydrogens (tertiary/aromatic N) is 2. The van der Waals surface area contributed by atoms with Gasteiger partial charge in [-0.05, 0) is 25.7 Å². The van der Waals surface area contributed by atoms with Crippen molar-refractivity contribution in [2.24, 2.45) is 0 Å². The van der Waals surface area contributed by atoms with Gasteiger partial charge < -0.3 is 4.90 Å². The number of hydrogen-bond acceptors (Lipinski definition) is 2. The third-order valence-corrected chi connectivity index (χ3v) is 2.59. The molecular formula is C9H16N2O2. The molecule has 2 aliphatic rings. The van der Waals surface area contributed by atoms with E-state index >= 15 is 0 Å². The van der Waals surface area contributed by atoms with E-state index in [0.717, 1.165) is 45.3 Å². The standard InChI is InChI=1S/C9H16N2O2/c12-9(10-5-1-2-6-10)11-7-3-4-8-13-11/h1-8H2. The molecule has 0 aromatic carbocycles. The molecule has 0 atom stereocenters. The second-order valence-electron chi connectivity index (χ2n) is 3.62. The minimum Gasteiger partial charge on any atom is -0.323 e. The van der Waals surface area contributed by atoms with Crippen LogP contribution in [0.5, 0.6) is 0 Å². The Kier molecular flexibility index (Phi) is 2.68. The molecule has 0 saturated carbocycles. The van der Waals surface area contributed by atoms with Gasteiger partial charge in [-0.1, -0.05) is 0 Å². The van der Waals surface area contributed by atoms with Gasteiger partial charge in [0.2, 0.25) is 0 Å². The molecule has 2 amide bonds. The van der Waals surface area contributed by atoms with Crippen molar-refractivity contribution in [3.05, 3.63) is 0 Å². The normalized spacial score (nSPS) is 23.7. The van der Waals surface area contributed by atoms with Crippen LogP contribution in [-0.4, -0.2) is 42.2 Å². The van der Waals surface area contributed by atoms with Crippen LogP contribution in [-0.2, 0) is 4.84 Å². The maximum Gasteiger partial charge on any atom is 0.343 e. The Hall–Kier alpha value is -0.770. The summed E-state index contributed by atoms with van der Waals surface area (Å²) in [4.78, 5) is 18.9. The van der Waals surface area contributed by atoms with Gasteiger partial charge in [0.25, 0.3) is 0 Å². The van der Waals surface area contributed by atoms with E-state index in [2.05, 4.69) is 0 Å². The molecule has 0 aromatic rings. The fraction of sp³-hybridized carbons (Fsp3) is 0.889. The first-order valence-corrected chi connectivity index (χ1v) is 5.07. The molecule has 2 rings (SSSR count). The van der Waals surface area contributed by atoms with Gasteiger partial charge in [0.05, 0.1) is 13.2 Å². The summed E-state index contributed by atoms with van der Waals surface area (Å²) in [6.07, 6.45) is 4.42. The molecule has 2 saturated heterocycles. The zero-order valence-corrected chi connectivity index (χ0v) is 7.87. The molecule has 0 aromatic heterocycles. The van der Waals surface area contributed by atoms with Gasteiger partial charge in [-0.3, -0.25) is 4.84 Å². The van der Waals surface area contributed by atoms with Crippen LogP contribution in [0.1, 0.15) is 25.7 Å². The minimum absolute atomic E-state index is 0.0669. The average molecular weight is 184 g/mol. The maximum absolute atomic E-state index is 11.7. The van der Waals surface area contributed by atoms with Gasteiger partial charge in [-0.25, -0.2) is 9.86 Å². The molecule has 0 aliphatic carbocycles. The monoisotopic (exact) mass is 184 g/mol. The molecule has 0 unspecified atom stereocenters. The van der Waals surface area contributed by atoms with Crippen molar-refractivity contribution >= 4 is 6.03 Å². The number of amides is 2. The van der Waals surface area contributed by atoms with Crippen molar-refractivity contribution in [3.63, 3.8) is 0 Å². The Morgan fingerprint density at radius 3 is 2.31 bits per heavy atom. The van der Waals surface area contributed by atoms with E-state index in [1.807, 2.05) is 4.90 Å². The second-order valence-corrected chi connectivity index (χ2v) is 3.62. The molecule has 2 aliphatic heterocycles. The third kappa shape index (κ3) is 1.94. The van der Waals surface area contributed by atoms with E-state index in [9.17, 15) is 4.79 Å². The van der Waals surface area contributed by atoms with Crippen LogP contribution < -0.4 is 0 Å². The van der Waals surface area contributed by atoms with Crippen LogP contribution >= 0.6 is 0 Å². The van der Waals surface area contributed by atoms with Crippen LogP contribution in [0.25, 0.3) is 0 Å². The predicted octanol–water partition coefficient (Wildman–Crippen LogP) is 1.23. The van der Waals surface area contributed by atoms with Gasteiger partial charge >= 0.3 is 6.03 Å². The summed E-state index contributed by atoms with van der Waals surface area (Å²) in [6, 6.07) is 0.0669. The van der Waals surface area contributed by atoms with Crippen LogP contribution in [0, 0.1) is 0 Å². The molecule has 2 heterocycles. The fourth-order valence-electron chi connectivity index (χ4n) is 1.81. The number of hydroxylamine groups is 2. The Labute approximate surface area is 78.4 Å². The predicted molar refractivity (Wildman–Crippen MR) is 48.1 cm³/mol. The van der Waals surface area contributed by atoms with E-state index in [4.69, 9.17) is 4.84 Å². The first kappa shape index (κ1) is 8.81. The largest absolute Gasteiger partial charge is 0.343 e. The van der Waals surface area contributed by atoms with Crippen molar-refractivity contribution in [2.75, 3.05) is 26.2 Å². The first-order valence-electron chi connectivity index (χ1n) is 5.07. The van der Waals surface area contributed by atoms with Crippen molar-refractivity contribution in [3.8, 4) is 0 Å². The zero-order valence-electron chi connectivity index (χ0n) is 7.87. The average Bonchev–Trinajstić information content (AvgIpc) is 2.71. The van der Waals surface area contributed by atoms with Gasteiger partial charge in [-0.2, -0.15) is 0 Å². The van der Waals surface area contributed by atoms with E-state index < -0.39 is 0 Å². The van der Waals surface area contributed by atoms with Gasteiger partial charge in [0, 0.05) is 13.1 Å². The van der Waals surface area contributed by atoms with Gasteiger partial charge in [-0.15, -0.1) is 0 Å². The number of rotatable bonds is 0. The van der Waals surface area contributed by atoms with Crippen molar-refractivity contribution < 1.29 is 9.63 Å². The molecule has 0 radical (unpaired) electrons. The summed E-state index contributed by atoms with van der Waals surface area (Å²) in [6.45, 7) is 3.26. The Bertz CT molecular complexity index is 184. The van der Waals surface area contributed by atoms with Gasteiger partial charge in [0.1, 0.15) is 0 Å². The summed E-state index contributed by atoms with van der Waals surface area (Å²) in [5.41, 5.74) is 0. The summed E-state index contributed by atoms with van der Waals surface area (Å²) >= 11 is 0. The molecule has 74 valence electrons. The molecule has 4 nitrogen and oxygen atoms in total. The highest BCUT2D eigenvalue weighted by Crippen LogP contribution is 2.13. The number of carbonyl (C=O) groups excluding carboxylic acids is 1. The summed E-state index contributed by atoms with van der Waals surface area (Å²) in [5.74, 6) is 0. The Balaban J connectivity index is 1.87. The van der Waals surface area contributed by atoms with Crippen molar-refractivity contribution in [2.45, 2.75) is 25.7 Å². The van der Waals surface area contributed by atoms with Crippen LogP contribution in [0.4, 0.5) is 4.79 Å². The maximum atomic E-state index is 11.7. The quantitative estimate of drug-likeness (QED) is 0.567. The summed E-state index contributed by atoms with van der Waals surface area (Å²) < 4.78 is 0. The lowest BCUT2D eigenvalue weighted by molar-refractivity contribution is -0.146. The lowest BCUT2D eigenvalue weighted by Gasteiger charge is -2.29. The Morgan fingerprint density at radius 1 is 1.00 bits per heavy atom. The number of hydrogen-bond donors (Lipinski definition) is 0. The van der Waals surface area contributed by atoms with E-state index in [1.54, 1.807) is 0 Å². The molecule has 2 fully saturated rings. The van der Waals surface area contributed by atoms with Crippen LogP contribution in [0.15, 0.2) is 0 Å². The highest BCUT2D eigenvalue weighted by Gasteiger charge is 2.25. The topological polar surface area (TPSA) is 32.8 Å². The minimum atomic E-state index is 0.0669. The molecule has 0 spiro atoms. The summed E-state index contributed by atoms with van der Waals surface area (Å²) in [5, 5.41) is 1.52. The van der Waals surface area contributed by atoms with E-state index in [1.165, 1.54) is 5.06 Å². The number of urea groups is 1.